The van der Waals surface area contributed by atoms with Crippen molar-refractivity contribution in [3.05, 3.63) is 29.8 Å². The van der Waals surface area contributed by atoms with Crippen molar-refractivity contribution in [2.45, 2.75) is 45.1 Å². The molecule has 20 heavy (non-hydrogen) atoms. The molecule has 2 rings (SSSR count). The van der Waals surface area contributed by atoms with E-state index in [1.165, 1.54) is 25.7 Å². The minimum absolute atomic E-state index is 0.322. The quantitative estimate of drug-likeness (QED) is 0.571. The van der Waals surface area contributed by atoms with E-state index >= 15 is 0 Å². The van der Waals surface area contributed by atoms with Gasteiger partial charge < -0.3 is 15.7 Å². The second kappa shape index (κ2) is 7.78. The van der Waals surface area contributed by atoms with E-state index in [-0.39, 0.29) is 0 Å². The lowest BCUT2D eigenvalue weighted by atomic mass is 10.1. The molecule has 1 aromatic rings. The summed E-state index contributed by atoms with van der Waals surface area (Å²) in [7, 11) is 0. The largest absolute Gasteiger partial charge is 0.508 e. The molecule has 1 aliphatic rings. The van der Waals surface area contributed by atoms with E-state index in [9.17, 15) is 5.11 Å². The molecule has 0 radical (unpaired) electrons. The smallest absolute Gasteiger partial charge is 0.191 e. The fourth-order valence-corrected chi connectivity index (χ4v) is 2.59. The molecule has 0 unspecified atom stereocenters. The van der Waals surface area contributed by atoms with Crippen LogP contribution in [-0.4, -0.2) is 30.2 Å². The zero-order valence-corrected chi connectivity index (χ0v) is 12.2. The van der Waals surface area contributed by atoms with E-state index in [0.717, 1.165) is 31.0 Å². The van der Waals surface area contributed by atoms with Crippen LogP contribution in [0.2, 0.25) is 0 Å². The van der Waals surface area contributed by atoms with Crippen LogP contribution in [0.1, 0.15) is 38.2 Å². The van der Waals surface area contributed by atoms with Crippen molar-refractivity contribution in [1.82, 2.24) is 10.6 Å². The molecule has 0 aromatic heterocycles. The van der Waals surface area contributed by atoms with Gasteiger partial charge in [0.2, 0.25) is 0 Å². The first-order valence-electron chi connectivity index (χ1n) is 7.60. The average Bonchev–Trinajstić information content (AvgIpc) is 2.92. The Morgan fingerprint density at radius 1 is 1.35 bits per heavy atom. The van der Waals surface area contributed by atoms with Crippen LogP contribution in [0.4, 0.5) is 0 Å². The predicted octanol–water partition coefficient (Wildman–Crippen LogP) is 2.43. The van der Waals surface area contributed by atoms with Gasteiger partial charge in [-0.05, 0) is 43.9 Å². The fraction of sp³-hybridized carbons (Fsp3) is 0.562. The Bertz CT molecular complexity index is 439. The van der Waals surface area contributed by atoms with Gasteiger partial charge in [0.1, 0.15) is 5.75 Å². The van der Waals surface area contributed by atoms with Gasteiger partial charge in [0.15, 0.2) is 5.96 Å². The topological polar surface area (TPSA) is 56.7 Å². The third-order valence-electron chi connectivity index (χ3n) is 3.62. The summed E-state index contributed by atoms with van der Waals surface area (Å²) in [6, 6.07) is 7.96. The molecule has 3 N–H and O–H groups in total. The Hall–Kier alpha value is -1.71. The molecular weight excluding hydrogens is 250 g/mol. The Kier molecular flexibility index (Phi) is 5.71. The molecule has 0 bridgehead atoms. The van der Waals surface area contributed by atoms with E-state index in [0.29, 0.717) is 11.8 Å². The third kappa shape index (κ3) is 4.76. The van der Waals surface area contributed by atoms with Crippen LogP contribution in [0.5, 0.6) is 5.75 Å². The summed E-state index contributed by atoms with van der Waals surface area (Å²) in [5, 5.41) is 16.2. The van der Waals surface area contributed by atoms with Crippen molar-refractivity contribution in [2.24, 2.45) is 4.99 Å². The third-order valence-corrected chi connectivity index (χ3v) is 3.62. The number of hydrogen-bond acceptors (Lipinski definition) is 2. The number of phenolic OH excluding ortho intramolecular Hbond substituents is 1. The molecule has 1 saturated carbocycles. The lowest BCUT2D eigenvalue weighted by Gasteiger charge is -2.16. The van der Waals surface area contributed by atoms with Crippen molar-refractivity contribution >= 4 is 5.96 Å². The zero-order valence-electron chi connectivity index (χ0n) is 12.2. The van der Waals surface area contributed by atoms with Crippen molar-refractivity contribution in [1.29, 1.82) is 0 Å². The summed E-state index contributed by atoms with van der Waals surface area (Å²) in [5.74, 6) is 1.24. The van der Waals surface area contributed by atoms with Crippen LogP contribution in [0, 0.1) is 0 Å². The number of hydrogen-bond donors (Lipinski definition) is 3. The predicted molar refractivity (Wildman–Crippen MR) is 83.2 cm³/mol. The van der Waals surface area contributed by atoms with E-state index in [4.69, 9.17) is 0 Å². The van der Waals surface area contributed by atoms with Gasteiger partial charge in [0, 0.05) is 19.1 Å². The van der Waals surface area contributed by atoms with Crippen molar-refractivity contribution in [2.75, 3.05) is 13.1 Å². The Morgan fingerprint density at radius 2 is 2.15 bits per heavy atom. The monoisotopic (exact) mass is 275 g/mol. The number of phenols is 1. The van der Waals surface area contributed by atoms with E-state index in [1.54, 1.807) is 12.1 Å². The van der Waals surface area contributed by atoms with E-state index in [1.807, 2.05) is 12.1 Å². The van der Waals surface area contributed by atoms with Crippen LogP contribution in [-0.2, 0) is 6.42 Å². The second-order valence-electron chi connectivity index (χ2n) is 5.31. The first-order valence-corrected chi connectivity index (χ1v) is 7.60. The summed E-state index contributed by atoms with van der Waals surface area (Å²) < 4.78 is 0. The number of benzene rings is 1. The van der Waals surface area contributed by atoms with Crippen LogP contribution in [0.15, 0.2) is 29.3 Å². The lowest BCUT2D eigenvalue weighted by Crippen LogP contribution is -2.42. The highest BCUT2D eigenvalue weighted by Gasteiger charge is 2.15. The van der Waals surface area contributed by atoms with Crippen molar-refractivity contribution in [3.63, 3.8) is 0 Å². The Labute approximate surface area is 121 Å². The van der Waals surface area contributed by atoms with Crippen LogP contribution >= 0.6 is 0 Å². The van der Waals surface area contributed by atoms with Gasteiger partial charge in [0.05, 0.1) is 0 Å². The molecule has 1 aliphatic carbocycles. The molecule has 0 heterocycles. The fourth-order valence-electron chi connectivity index (χ4n) is 2.59. The number of guanidine groups is 1. The number of rotatable bonds is 5. The molecule has 4 nitrogen and oxygen atoms in total. The normalized spacial score (nSPS) is 16.4. The van der Waals surface area contributed by atoms with Gasteiger partial charge in [-0.25, -0.2) is 0 Å². The van der Waals surface area contributed by atoms with Gasteiger partial charge in [-0.3, -0.25) is 4.99 Å². The molecule has 0 saturated heterocycles. The molecule has 0 atom stereocenters. The number of aliphatic imine (C=N–C) groups is 1. The highest BCUT2D eigenvalue weighted by atomic mass is 16.3. The molecule has 1 aromatic carbocycles. The maximum atomic E-state index is 9.44. The average molecular weight is 275 g/mol. The molecular formula is C16H25N3O. The van der Waals surface area contributed by atoms with Gasteiger partial charge in [-0.2, -0.15) is 0 Å². The summed E-state index contributed by atoms with van der Waals surface area (Å²) >= 11 is 0. The second-order valence-corrected chi connectivity index (χ2v) is 5.31. The minimum atomic E-state index is 0.322. The maximum absolute atomic E-state index is 9.44. The van der Waals surface area contributed by atoms with Crippen LogP contribution in [0.3, 0.4) is 0 Å². The van der Waals surface area contributed by atoms with Gasteiger partial charge in [0.25, 0.3) is 0 Å². The molecule has 0 amide bonds. The minimum Gasteiger partial charge on any atom is -0.508 e. The molecule has 0 spiro atoms. The first-order chi connectivity index (χ1) is 9.78. The maximum Gasteiger partial charge on any atom is 0.191 e. The summed E-state index contributed by atoms with van der Waals surface area (Å²) in [6.07, 6.45) is 5.98. The Balaban J connectivity index is 1.84. The van der Waals surface area contributed by atoms with Crippen molar-refractivity contribution < 1.29 is 5.11 Å². The van der Waals surface area contributed by atoms with Gasteiger partial charge in [-0.15, -0.1) is 0 Å². The zero-order chi connectivity index (χ0) is 14.2. The molecule has 4 heteroatoms. The summed E-state index contributed by atoms with van der Waals surface area (Å²) in [6.45, 7) is 3.69. The summed E-state index contributed by atoms with van der Waals surface area (Å²) in [4.78, 5) is 4.61. The number of nitrogens with zero attached hydrogens (tertiary/aromatic N) is 1. The highest BCUT2D eigenvalue weighted by Crippen LogP contribution is 2.17. The van der Waals surface area contributed by atoms with Crippen molar-refractivity contribution in [3.8, 4) is 5.75 Å². The first kappa shape index (κ1) is 14.7. The molecule has 110 valence electrons. The molecule has 0 aliphatic heterocycles. The van der Waals surface area contributed by atoms with Gasteiger partial charge in [-0.1, -0.05) is 25.0 Å². The molecule has 1 fully saturated rings. The lowest BCUT2D eigenvalue weighted by molar-refractivity contribution is 0.474. The summed E-state index contributed by atoms with van der Waals surface area (Å²) in [5.41, 5.74) is 1.12. The standard InChI is InChI=1S/C16H25N3O/c1-2-17-16(19-14-7-3-4-8-14)18-11-10-13-6-5-9-15(20)12-13/h5-6,9,12,14,20H,2-4,7-8,10-11H2,1H3,(H2,17,18,19). The highest BCUT2D eigenvalue weighted by molar-refractivity contribution is 5.80. The van der Waals surface area contributed by atoms with E-state index in [2.05, 4.69) is 22.5 Å². The van der Waals surface area contributed by atoms with Gasteiger partial charge >= 0.3 is 0 Å². The SMILES string of the molecule is CCNC(=NCCc1cccc(O)c1)NC1CCCC1. The number of aromatic hydroxyl groups is 1. The van der Waals surface area contributed by atoms with E-state index < -0.39 is 0 Å². The van der Waals surface area contributed by atoms with Crippen LogP contribution in [0.25, 0.3) is 0 Å². The number of nitrogens with one attached hydrogen (secondary N) is 2. The van der Waals surface area contributed by atoms with Crippen LogP contribution < -0.4 is 10.6 Å². The Morgan fingerprint density at radius 3 is 2.85 bits per heavy atom.